The third kappa shape index (κ3) is 2.67. The van der Waals surface area contributed by atoms with Gasteiger partial charge in [-0.3, -0.25) is 10.1 Å². The number of carbonyl (C=O) groups excluding carboxylic acids is 1. The first-order valence-corrected chi connectivity index (χ1v) is 11.7. The molecular formula is C22H27N3O2S. The Labute approximate surface area is 169 Å². The number of rotatable bonds is 3. The van der Waals surface area contributed by atoms with Gasteiger partial charge in [0.15, 0.2) is 10.8 Å². The second-order valence-corrected chi connectivity index (χ2v) is 10.8. The number of anilines is 1. The number of amides is 1. The highest BCUT2D eigenvalue weighted by molar-refractivity contribution is 7.14. The average molecular weight is 398 g/mol. The molecule has 1 atom stereocenters. The topological polar surface area (TPSA) is 68.0 Å². The molecule has 0 aromatic carbocycles. The van der Waals surface area contributed by atoms with Crippen LogP contribution in [0.5, 0.6) is 0 Å². The summed E-state index contributed by atoms with van der Waals surface area (Å²) in [5.41, 5.74) is 2.95. The van der Waals surface area contributed by atoms with Gasteiger partial charge in [-0.15, -0.1) is 11.3 Å². The molecule has 2 heterocycles. The van der Waals surface area contributed by atoms with Crippen LogP contribution in [0.4, 0.5) is 5.13 Å². The van der Waals surface area contributed by atoms with Crippen LogP contribution in [0.25, 0.3) is 0 Å². The van der Waals surface area contributed by atoms with Gasteiger partial charge in [0.05, 0.1) is 5.69 Å². The van der Waals surface area contributed by atoms with E-state index in [1.807, 2.05) is 0 Å². The fourth-order valence-corrected chi connectivity index (χ4v) is 7.74. The van der Waals surface area contributed by atoms with E-state index >= 15 is 0 Å². The van der Waals surface area contributed by atoms with Gasteiger partial charge < -0.3 is 4.52 Å². The molecule has 2 aromatic rings. The normalized spacial score (nSPS) is 35.8. The molecule has 5 aliphatic rings. The maximum absolute atomic E-state index is 12.8. The van der Waals surface area contributed by atoms with Crippen LogP contribution in [0.2, 0.25) is 0 Å². The SMILES string of the molecule is C[C@H]1CCc2onc(C(=O)Nc3nc(C45CC6CC(CC(C6)C4)C5)cs3)c2C1. The van der Waals surface area contributed by atoms with E-state index in [2.05, 4.69) is 22.8 Å². The summed E-state index contributed by atoms with van der Waals surface area (Å²) in [6, 6.07) is 0. The zero-order chi connectivity index (χ0) is 18.9. The van der Waals surface area contributed by atoms with Gasteiger partial charge in [0.1, 0.15) is 5.76 Å². The number of aromatic nitrogens is 2. The molecule has 0 unspecified atom stereocenters. The third-order valence-electron chi connectivity index (χ3n) is 7.81. The lowest BCUT2D eigenvalue weighted by Gasteiger charge is -2.56. The molecule has 0 aliphatic heterocycles. The van der Waals surface area contributed by atoms with Crippen molar-refractivity contribution in [3.8, 4) is 0 Å². The predicted molar refractivity (Wildman–Crippen MR) is 108 cm³/mol. The van der Waals surface area contributed by atoms with Gasteiger partial charge >= 0.3 is 0 Å². The first-order chi connectivity index (χ1) is 13.6. The summed E-state index contributed by atoms with van der Waals surface area (Å²) in [6.07, 6.45) is 11.0. The molecule has 5 aliphatic carbocycles. The highest BCUT2D eigenvalue weighted by atomic mass is 32.1. The Morgan fingerprint density at radius 3 is 2.64 bits per heavy atom. The highest BCUT2D eigenvalue weighted by Gasteiger charge is 2.52. The van der Waals surface area contributed by atoms with Crippen molar-refractivity contribution in [1.82, 2.24) is 10.1 Å². The van der Waals surface area contributed by atoms with Crippen molar-refractivity contribution in [3.05, 3.63) is 28.1 Å². The standard InChI is InChI=1S/C22H27N3O2S/c1-12-2-3-17-16(4-12)19(25-27-17)20(26)24-21-23-18(11-28-21)22-8-13-5-14(9-22)7-15(6-13)10-22/h11-15H,2-10H2,1H3,(H,23,24,26)/t12-,13?,14?,15?,22?/m0/s1. The zero-order valence-electron chi connectivity index (χ0n) is 16.4. The van der Waals surface area contributed by atoms with Crippen molar-refractivity contribution in [2.24, 2.45) is 23.7 Å². The maximum atomic E-state index is 12.8. The molecule has 1 amide bonds. The number of thiazole rings is 1. The van der Waals surface area contributed by atoms with E-state index in [4.69, 9.17) is 9.51 Å². The largest absolute Gasteiger partial charge is 0.360 e. The molecule has 5 nitrogen and oxygen atoms in total. The Balaban J connectivity index is 1.22. The number of fused-ring (bicyclic) bond motifs is 1. The fraction of sp³-hybridized carbons (Fsp3) is 0.682. The number of hydrogen-bond donors (Lipinski definition) is 1. The monoisotopic (exact) mass is 397 g/mol. The van der Waals surface area contributed by atoms with Crippen LogP contribution >= 0.6 is 11.3 Å². The lowest BCUT2D eigenvalue weighted by atomic mass is 9.49. The number of aryl methyl sites for hydroxylation is 1. The molecule has 28 heavy (non-hydrogen) atoms. The minimum absolute atomic E-state index is 0.175. The minimum atomic E-state index is -0.175. The van der Waals surface area contributed by atoms with Gasteiger partial charge in [-0.1, -0.05) is 12.1 Å². The lowest BCUT2D eigenvalue weighted by Crippen LogP contribution is -2.48. The Kier molecular flexibility index (Phi) is 3.78. The summed E-state index contributed by atoms with van der Waals surface area (Å²) in [5.74, 6) is 3.97. The predicted octanol–water partition coefficient (Wildman–Crippen LogP) is 4.98. The molecule has 0 saturated heterocycles. The zero-order valence-corrected chi connectivity index (χ0v) is 17.2. The molecule has 148 valence electrons. The first kappa shape index (κ1) is 17.2. The molecule has 6 heteroatoms. The average Bonchev–Trinajstić information content (AvgIpc) is 3.27. The summed E-state index contributed by atoms with van der Waals surface area (Å²) in [6.45, 7) is 2.22. The van der Waals surface area contributed by atoms with E-state index in [-0.39, 0.29) is 11.3 Å². The van der Waals surface area contributed by atoms with Crippen molar-refractivity contribution in [1.29, 1.82) is 0 Å². The first-order valence-electron chi connectivity index (χ1n) is 10.8. The van der Waals surface area contributed by atoms with E-state index in [9.17, 15) is 4.79 Å². The summed E-state index contributed by atoms with van der Waals surface area (Å²) in [4.78, 5) is 17.7. The van der Waals surface area contributed by atoms with Crippen molar-refractivity contribution in [2.45, 2.75) is 70.1 Å². The van der Waals surface area contributed by atoms with Gasteiger partial charge in [-0.05, 0) is 75.0 Å². The van der Waals surface area contributed by atoms with Gasteiger partial charge in [-0.2, -0.15) is 0 Å². The molecule has 4 fully saturated rings. The van der Waals surface area contributed by atoms with Gasteiger partial charge in [0.25, 0.3) is 5.91 Å². The Morgan fingerprint density at radius 2 is 1.93 bits per heavy atom. The fourth-order valence-electron chi connectivity index (χ4n) is 6.91. The smallest absolute Gasteiger partial charge is 0.279 e. The Bertz CT molecular complexity index is 895. The van der Waals surface area contributed by atoms with Crippen LogP contribution in [0, 0.1) is 23.7 Å². The summed E-state index contributed by atoms with van der Waals surface area (Å²) < 4.78 is 5.44. The molecule has 1 N–H and O–H groups in total. The van der Waals surface area contributed by atoms with Crippen LogP contribution in [0.1, 0.15) is 79.4 Å². The maximum Gasteiger partial charge on any atom is 0.279 e. The second kappa shape index (κ2) is 6.15. The molecule has 4 saturated carbocycles. The van der Waals surface area contributed by atoms with Gasteiger partial charge in [0, 0.05) is 22.8 Å². The highest BCUT2D eigenvalue weighted by Crippen LogP contribution is 2.60. The molecule has 2 aromatic heterocycles. The molecule has 4 bridgehead atoms. The quantitative estimate of drug-likeness (QED) is 0.793. The van der Waals surface area contributed by atoms with Crippen LogP contribution in [-0.2, 0) is 18.3 Å². The number of nitrogens with zero attached hydrogens (tertiary/aromatic N) is 2. The van der Waals surface area contributed by atoms with Crippen LogP contribution in [0.15, 0.2) is 9.90 Å². The lowest BCUT2D eigenvalue weighted by molar-refractivity contribution is -0.00688. The van der Waals surface area contributed by atoms with Crippen molar-refractivity contribution in [3.63, 3.8) is 0 Å². The third-order valence-corrected chi connectivity index (χ3v) is 8.57. The summed E-state index contributed by atoms with van der Waals surface area (Å²) >= 11 is 1.56. The number of carbonyl (C=O) groups is 1. The van der Waals surface area contributed by atoms with Gasteiger partial charge in [-0.25, -0.2) is 4.98 Å². The Hall–Kier alpha value is -1.69. The minimum Gasteiger partial charge on any atom is -0.360 e. The van der Waals surface area contributed by atoms with Crippen LogP contribution < -0.4 is 5.32 Å². The number of nitrogens with one attached hydrogen (secondary N) is 1. The van der Waals surface area contributed by atoms with Gasteiger partial charge in [0.2, 0.25) is 0 Å². The van der Waals surface area contributed by atoms with E-state index in [0.29, 0.717) is 16.7 Å². The van der Waals surface area contributed by atoms with E-state index < -0.39 is 0 Å². The van der Waals surface area contributed by atoms with Crippen molar-refractivity contribution >= 4 is 22.4 Å². The van der Waals surface area contributed by atoms with Crippen LogP contribution in [0.3, 0.4) is 0 Å². The van der Waals surface area contributed by atoms with E-state index in [1.165, 1.54) is 44.2 Å². The molecule has 0 spiro atoms. The number of hydrogen-bond acceptors (Lipinski definition) is 5. The molecular weight excluding hydrogens is 370 g/mol. The molecule has 7 rings (SSSR count). The second-order valence-electron chi connectivity index (χ2n) is 9.97. The molecule has 0 radical (unpaired) electrons. The van der Waals surface area contributed by atoms with Crippen molar-refractivity contribution in [2.75, 3.05) is 5.32 Å². The van der Waals surface area contributed by atoms with Crippen molar-refractivity contribution < 1.29 is 9.32 Å². The Morgan fingerprint density at radius 1 is 1.21 bits per heavy atom. The van der Waals surface area contributed by atoms with E-state index in [0.717, 1.165) is 48.3 Å². The summed E-state index contributed by atoms with van der Waals surface area (Å²) in [5, 5.41) is 9.99. The summed E-state index contributed by atoms with van der Waals surface area (Å²) in [7, 11) is 0. The van der Waals surface area contributed by atoms with Crippen LogP contribution in [-0.4, -0.2) is 16.0 Å². The van der Waals surface area contributed by atoms with E-state index in [1.54, 1.807) is 11.3 Å².